The molecule has 0 aromatic heterocycles. The second kappa shape index (κ2) is 28.5. The predicted octanol–water partition coefficient (Wildman–Crippen LogP) is 9.13. The van der Waals surface area contributed by atoms with Crippen molar-refractivity contribution in [3.8, 4) is 0 Å². The minimum absolute atomic E-state index is 0.159. The molecule has 0 bridgehead atoms. The van der Waals surface area contributed by atoms with E-state index in [0.717, 1.165) is 32.1 Å². The van der Waals surface area contributed by atoms with Gasteiger partial charge in [0.1, 0.15) is 0 Å². The zero-order chi connectivity index (χ0) is 27.3. The van der Waals surface area contributed by atoms with Gasteiger partial charge in [0, 0.05) is 6.42 Å². The first-order valence-corrected chi connectivity index (χ1v) is 17.1. The predicted molar refractivity (Wildman–Crippen MR) is 153 cm³/mol. The summed E-state index contributed by atoms with van der Waals surface area (Å²) in [6, 6.07) is 0. The highest BCUT2D eigenvalue weighted by Crippen LogP contribution is 2.35. The number of carbonyl (C=O) groups is 1. The summed E-state index contributed by atoms with van der Waals surface area (Å²) in [7, 11) is -4.28. The Morgan fingerprint density at radius 3 is 0.973 bits per heavy atom. The van der Waals surface area contributed by atoms with Crippen molar-refractivity contribution in [3.63, 3.8) is 0 Å². The van der Waals surface area contributed by atoms with Gasteiger partial charge in [-0.1, -0.05) is 154 Å². The number of nitrogens with one attached hydrogen (secondary N) is 1. The lowest BCUT2D eigenvalue weighted by molar-refractivity contribution is -0.129. The maximum atomic E-state index is 10.9. The Kier molecular flexibility index (Phi) is 28.2. The van der Waals surface area contributed by atoms with E-state index in [1.54, 1.807) is 5.48 Å². The van der Waals surface area contributed by atoms with E-state index in [1.165, 1.54) is 135 Å². The fourth-order valence-corrected chi connectivity index (χ4v) is 5.24. The number of phosphoric acid groups is 1. The zero-order valence-electron chi connectivity index (χ0n) is 23.8. The summed E-state index contributed by atoms with van der Waals surface area (Å²) in [5.74, 6) is -0.269. The number of hydroxylamine groups is 1. The highest BCUT2D eigenvalue weighted by molar-refractivity contribution is 7.46. The third-order valence-electron chi connectivity index (χ3n) is 7.18. The summed E-state index contributed by atoms with van der Waals surface area (Å²) in [4.78, 5) is 28.1. The molecule has 0 unspecified atom stereocenters. The molecule has 37 heavy (non-hydrogen) atoms. The fraction of sp³-hybridized carbons (Fsp3) is 0.966. The first kappa shape index (κ1) is 36.5. The lowest BCUT2D eigenvalue weighted by atomic mass is 10.0. The molecule has 0 spiro atoms. The normalized spacial score (nSPS) is 11.8. The van der Waals surface area contributed by atoms with Crippen LogP contribution in [0.25, 0.3) is 0 Å². The molecule has 0 aliphatic carbocycles. The third-order valence-corrected chi connectivity index (χ3v) is 7.70. The first-order valence-electron chi connectivity index (χ1n) is 15.6. The van der Waals surface area contributed by atoms with Gasteiger partial charge >= 0.3 is 7.82 Å². The fourth-order valence-electron chi connectivity index (χ4n) is 4.87. The zero-order valence-corrected chi connectivity index (χ0v) is 24.7. The molecule has 8 heteroatoms. The van der Waals surface area contributed by atoms with Crippen LogP contribution in [0.1, 0.15) is 173 Å². The minimum atomic E-state index is -4.28. The Morgan fingerprint density at radius 1 is 0.486 bits per heavy atom. The molecule has 222 valence electrons. The standard InChI is InChI=1S/C29H60NO6P/c31-29(30-32)27-25-23-21-19-17-15-13-11-9-7-5-3-1-2-4-6-8-10-12-14-16-18-20-22-24-26-28-36-37(33,34)35/h32H,1-28H2,(H,30,31)(H2,33,34,35). The molecule has 0 radical (unpaired) electrons. The van der Waals surface area contributed by atoms with E-state index >= 15 is 0 Å². The largest absolute Gasteiger partial charge is 0.469 e. The Balaban J connectivity index is 3.06. The lowest BCUT2D eigenvalue weighted by Gasteiger charge is -2.05. The summed E-state index contributed by atoms with van der Waals surface area (Å²) in [6.07, 6.45) is 33.6. The Labute approximate surface area is 228 Å². The summed E-state index contributed by atoms with van der Waals surface area (Å²) in [5.41, 5.74) is 1.69. The number of rotatable bonds is 30. The van der Waals surface area contributed by atoms with Crippen LogP contribution in [0.4, 0.5) is 0 Å². The van der Waals surface area contributed by atoms with Crippen LogP contribution in [0, 0.1) is 0 Å². The SMILES string of the molecule is O=C(CCCCCCCCCCCCCCCCCCCCCCCCCCCCOP(=O)(O)O)NO. The van der Waals surface area contributed by atoms with Gasteiger partial charge in [0.05, 0.1) is 6.61 Å². The van der Waals surface area contributed by atoms with Crippen LogP contribution in [-0.2, 0) is 13.9 Å². The maximum Gasteiger partial charge on any atom is 0.469 e. The van der Waals surface area contributed by atoms with Crippen LogP contribution in [-0.4, -0.2) is 27.5 Å². The van der Waals surface area contributed by atoms with E-state index < -0.39 is 7.82 Å². The van der Waals surface area contributed by atoms with Crippen LogP contribution >= 0.6 is 7.82 Å². The average Bonchev–Trinajstić information content (AvgIpc) is 2.86. The molecule has 0 atom stereocenters. The van der Waals surface area contributed by atoms with Crippen molar-refractivity contribution in [3.05, 3.63) is 0 Å². The van der Waals surface area contributed by atoms with Crippen molar-refractivity contribution < 1.29 is 28.9 Å². The van der Waals surface area contributed by atoms with E-state index in [1.807, 2.05) is 0 Å². The van der Waals surface area contributed by atoms with Crippen molar-refractivity contribution >= 4 is 13.7 Å². The summed E-state index contributed by atoms with van der Waals surface area (Å²) in [6.45, 7) is 0.159. The van der Waals surface area contributed by atoms with Crippen molar-refractivity contribution in [2.45, 2.75) is 173 Å². The third kappa shape index (κ3) is 33.5. The van der Waals surface area contributed by atoms with Gasteiger partial charge in [-0.05, 0) is 12.8 Å². The Morgan fingerprint density at radius 2 is 0.730 bits per heavy atom. The topological polar surface area (TPSA) is 116 Å². The second-order valence-corrected chi connectivity index (χ2v) is 12.0. The van der Waals surface area contributed by atoms with Gasteiger partial charge in [0.2, 0.25) is 5.91 Å². The summed E-state index contributed by atoms with van der Waals surface area (Å²) < 4.78 is 15.0. The van der Waals surface area contributed by atoms with Gasteiger partial charge in [0.25, 0.3) is 0 Å². The number of unbranched alkanes of at least 4 members (excludes halogenated alkanes) is 25. The highest BCUT2D eigenvalue weighted by Gasteiger charge is 2.12. The number of carbonyl (C=O) groups excluding carboxylic acids is 1. The molecule has 0 saturated carbocycles. The molecule has 1 amide bonds. The molecule has 0 aromatic carbocycles. The molecule has 0 rings (SSSR count). The number of hydrogen-bond acceptors (Lipinski definition) is 4. The molecule has 7 nitrogen and oxygen atoms in total. The van der Waals surface area contributed by atoms with Gasteiger partial charge in [-0.15, -0.1) is 0 Å². The van der Waals surface area contributed by atoms with E-state index in [4.69, 9.17) is 15.0 Å². The molecule has 0 aliphatic rings. The van der Waals surface area contributed by atoms with Crippen LogP contribution in [0.5, 0.6) is 0 Å². The van der Waals surface area contributed by atoms with E-state index in [9.17, 15) is 9.36 Å². The summed E-state index contributed by atoms with van der Waals surface area (Å²) in [5, 5.41) is 8.43. The van der Waals surface area contributed by atoms with E-state index in [2.05, 4.69) is 4.52 Å². The van der Waals surface area contributed by atoms with Crippen molar-refractivity contribution in [1.29, 1.82) is 0 Å². The lowest BCUT2D eigenvalue weighted by Crippen LogP contribution is -2.17. The number of hydrogen-bond donors (Lipinski definition) is 4. The Hall–Kier alpha value is -0.460. The molecule has 0 saturated heterocycles. The molecule has 0 heterocycles. The van der Waals surface area contributed by atoms with Crippen LogP contribution in [0.15, 0.2) is 0 Å². The molecular formula is C29H60NO6P. The van der Waals surface area contributed by atoms with Gasteiger partial charge in [-0.3, -0.25) is 14.5 Å². The highest BCUT2D eigenvalue weighted by atomic mass is 31.2. The van der Waals surface area contributed by atoms with Gasteiger partial charge < -0.3 is 9.79 Å². The quantitative estimate of drug-likeness (QED) is 0.0307. The van der Waals surface area contributed by atoms with Gasteiger partial charge in [0.15, 0.2) is 0 Å². The molecule has 0 aromatic rings. The van der Waals surface area contributed by atoms with Crippen LogP contribution in [0.2, 0.25) is 0 Å². The van der Waals surface area contributed by atoms with Crippen LogP contribution in [0.3, 0.4) is 0 Å². The summed E-state index contributed by atoms with van der Waals surface area (Å²) >= 11 is 0. The van der Waals surface area contributed by atoms with Crippen molar-refractivity contribution in [1.82, 2.24) is 5.48 Å². The van der Waals surface area contributed by atoms with Gasteiger partial charge in [-0.2, -0.15) is 0 Å². The van der Waals surface area contributed by atoms with Gasteiger partial charge in [-0.25, -0.2) is 10.0 Å². The molecule has 0 fully saturated rings. The second-order valence-electron chi connectivity index (χ2n) is 10.8. The monoisotopic (exact) mass is 549 g/mol. The smallest absolute Gasteiger partial charge is 0.303 e. The average molecular weight is 550 g/mol. The first-order chi connectivity index (χ1) is 18.0. The van der Waals surface area contributed by atoms with Crippen LogP contribution < -0.4 is 5.48 Å². The number of amides is 1. The van der Waals surface area contributed by atoms with Crippen molar-refractivity contribution in [2.75, 3.05) is 6.61 Å². The molecular weight excluding hydrogens is 489 g/mol. The minimum Gasteiger partial charge on any atom is -0.303 e. The Bertz CT molecular complexity index is 529. The van der Waals surface area contributed by atoms with Crippen molar-refractivity contribution in [2.24, 2.45) is 0 Å². The van der Waals surface area contributed by atoms with E-state index in [0.29, 0.717) is 6.42 Å². The molecule has 4 N–H and O–H groups in total. The number of phosphoric ester groups is 1. The van der Waals surface area contributed by atoms with E-state index in [-0.39, 0.29) is 12.5 Å². The maximum absolute atomic E-state index is 10.9. The molecule has 0 aliphatic heterocycles.